The lowest BCUT2D eigenvalue weighted by Gasteiger charge is -2.24. The average Bonchev–Trinajstić information content (AvgIpc) is 3.03. The number of nitrogens with zero attached hydrogens (tertiary/aromatic N) is 1. The molecular formula is C17H23ClN2O4. The maximum atomic E-state index is 12.5. The zero-order chi connectivity index (χ0) is 17.5. The van der Waals surface area contributed by atoms with Gasteiger partial charge in [-0.3, -0.25) is 0 Å². The number of benzene rings is 1. The second-order valence-corrected chi connectivity index (χ2v) is 5.90. The largest absolute Gasteiger partial charge is 0.462 e. The highest BCUT2D eigenvalue weighted by Gasteiger charge is 2.29. The third kappa shape index (κ3) is 4.61. The predicted octanol–water partition coefficient (Wildman–Crippen LogP) is 3.55. The fraction of sp³-hybridized carbons (Fsp3) is 0.529. The van der Waals surface area contributed by atoms with E-state index in [2.05, 4.69) is 5.32 Å². The minimum atomic E-state index is -0.506. The van der Waals surface area contributed by atoms with E-state index in [4.69, 9.17) is 21.1 Å². The maximum absolute atomic E-state index is 12.5. The van der Waals surface area contributed by atoms with E-state index in [0.29, 0.717) is 30.5 Å². The number of halogens is 1. The van der Waals surface area contributed by atoms with Gasteiger partial charge in [-0.05, 0) is 44.9 Å². The van der Waals surface area contributed by atoms with Gasteiger partial charge >= 0.3 is 12.0 Å². The molecule has 0 saturated carbocycles. The summed E-state index contributed by atoms with van der Waals surface area (Å²) in [6.45, 7) is 5.79. The number of carbonyl (C=O) groups is 2. The summed E-state index contributed by atoms with van der Waals surface area (Å²) < 4.78 is 10.4. The van der Waals surface area contributed by atoms with Crippen LogP contribution < -0.4 is 5.32 Å². The summed E-state index contributed by atoms with van der Waals surface area (Å²) in [5.74, 6) is -0.506. The molecule has 132 valence electrons. The molecule has 1 aromatic rings. The van der Waals surface area contributed by atoms with Gasteiger partial charge in [-0.1, -0.05) is 11.6 Å². The van der Waals surface area contributed by atoms with E-state index in [-0.39, 0.29) is 24.2 Å². The Kier molecular flexibility index (Phi) is 6.87. The zero-order valence-electron chi connectivity index (χ0n) is 14.0. The highest BCUT2D eigenvalue weighted by molar-refractivity contribution is 6.33. The molecule has 2 rings (SSSR count). The number of carbonyl (C=O) groups excluding carboxylic acids is 2. The number of hydrogen-bond donors (Lipinski definition) is 1. The molecule has 1 heterocycles. The van der Waals surface area contributed by atoms with Crippen LogP contribution in [0, 0.1) is 0 Å². The average molecular weight is 355 g/mol. The Bertz CT molecular complexity index is 594. The van der Waals surface area contributed by atoms with Crippen LogP contribution in [0.1, 0.15) is 37.0 Å². The summed E-state index contributed by atoms with van der Waals surface area (Å²) in [5, 5.41) is 3.11. The van der Waals surface area contributed by atoms with E-state index in [1.807, 2.05) is 6.92 Å². The van der Waals surface area contributed by atoms with Crippen LogP contribution in [0.5, 0.6) is 0 Å². The molecule has 1 saturated heterocycles. The number of nitrogens with one attached hydrogen (secondary N) is 1. The van der Waals surface area contributed by atoms with Gasteiger partial charge in [0.2, 0.25) is 0 Å². The Morgan fingerprint density at radius 3 is 2.83 bits per heavy atom. The van der Waals surface area contributed by atoms with Crippen molar-refractivity contribution in [3.63, 3.8) is 0 Å². The number of rotatable bonds is 6. The summed E-state index contributed by atoms with van der Waals surface area (Å²) >= 11 is 6.03. The fourth-order valence-corrected chi connectivity index (χ4v) is 2.89. The molecule has 1 aliphatic heterocycles. The lowest BCUT2D eigenvalue weighted by Crippen LogP contribution is -2.41. The molecule has 0 unspecified atom stereocenters. The Hall–Kier alpha value is -1.79. The van der Waals surface area contributed by atoms with Crippen LogP contribution in [0.15, 0.2) is 18.2 Å². The van der Waals surface area contributed by atoms with Gasteiger partial charge in [-0.2, -0.15) is 0 Å². The van der Waals surface area contributed by atoms with Crippen molar-refractivity contribution in [2.24, 2.45) is 0 Å². The number of amides is 2. The van der Waals surface area contributed by atoms with E-state index in [9.17, 15) is 9.59 Å². The molecule has 0 radical (unpaired) electrons. The van der Waals surface area contributed by atoms with E-state index in [1.165, 1.54) is 6.07 Å². The molecule has 24 heavy (non-hydrogen) atoms. The molecule has 2 amide bonds. The second kappa shape index (κ2) is 8.89. The van der Waals surface area contributed by atoms with Crippen LogP contribution in [-0.4, -0.2) is 49.3 Å². The molecule has 1 aliphatic rings. The van der Waals surface area contributed by atoms with Crippen LogP contribution in [0.3, 0.4) is 0 Å². The topological polar surface area (TPSA) is 67.9 Å². The molecule has 7 heteroatoms. The van der Waals surface area contributed by atoms with E-state index < -0.39 is 5.97 Å². The van der Waals surface area contributed by atoms with Crippen molar-refractivity contribution in [2.45, 2.75) is 32.7 Å². The number of anilines is 1. The van der Waals surface area contributed by atoms with Crippen molar-refractivity contribution in [3.8, 4) is 0 Å². The molecule has 1 fully saturated rings. The summed E-state index contributed by atoms with van der Waals surface area (Å²) in [6, 6.07) is 4.66. The number of hydrogen-bond acceptors (Lipinski definition) is 4. The molecule has 1 atom stereocenters. The first-order chi connectivity index (χ1) is 11.6. The van der Waals surface area contributed by atoms with Gasteiger partial charge in [-0.25, -0.2) is 9.59 Å². The minimum Gasteiger partial charge on any atom is -0.462 e. The van der Waals surface area contributed by atoms with Crippen molar-refractivity contribution in [1.29, 1.82) is 0 Å². The Balaban J connectivity index is 2.06. The molecule has 0 spiro atoms. The van der Waals surface area contributed by atoms with Crippen LogP contribution in [0.4, 0.5) is 10.5 Å². The van der Waals surface area contributed by atoms with E-state index in [0.717, 1.165) is 12.8 Å². The van der Waals surface area contributed by atoms with E-state index in [1.54, 1.807) is 24.0 Å². The smallest absolute Gasteiger partial charge is 0.339 e. The highest BCUT2D eigenvalue weighted by atomic mass is 35.5. The third-order valence-corrected chi connectivity index (χ3v) is 4.19. The highest BCUT2D eigenvalue weighted by Crippen LogP contribution is 2.23. The second-order valence-electron chi connectivity index (χ2n) is 5.49. The molecular weight excluding hydrogens is 332 g/mol. The van der Waals surface area contributed by atoms with Crippen molar-refractivity contribution >= 4 is 29.3 Å². The van der Waals surface area contributed by atoms with E-state index >= 15 is 0 Å². The molecule has 1 N–H and O–H groups in total. The van der Waals surface area contributed by atoms with Crippen LogP contribution in [0.2, 0.25) is 5.02 Å². The SMILES string of the molecule is CCOC[C@@H]1CCCN1C(=O)Nc1ccc(Cl)c(C(=O)OCC)c1. The van der Waals surface area contributed by atoms with Gasteiger partial charge in [-0.15, -0.1) is 0 Å². The lowest BCUT2D eigenvalue weighted by atomic mass is 10.2. The van der Waals surface area contributed by atoms with Crippen molar-refractivity contribution < 1.29 is 19.1 Å². The Morgan fingerprint density at radius 2 is 2.12 bits per heavy atom. The zero-order valence-corrected chi connectivity index (χ0v) is 14.8. The monoisotopic (exact) mass is 354 g/mol. The maximum Gasteiger partial charge on any atom is 0.339 e. The third-order valence-electron chi connectivity index (χ3n) is 3.87. The number of urea groups is 1. The quantitative estimate of drug-likeness (QED) is 0.793. The Labute approximate surface area is 147 Å². The van der Waals surface area contributed by atoms with Gasteiger partial charge < -0.3 is 19.7 Å². The predicted molar refractivity (Wildman–Crippen MR) is 92.6 cm³/mol. The normalized spacial score (nSPS) is 17.0. The fourth-order valence-electron chi connectivity index (χ4n) is 2.69. The molecule has 0 aliphatic carbocycles. The molecule has 0 aromatic heterocycles. The number of esters is 1. The Morgan fingerprint density at radius 1 is 1.33 bits per heavy atom. The molecule has 6 nitrogen and oxygen atoms in total. The summed E-state index contributed by atoms with van der Waals surface area (Å²) in [5.41, 5.74) is 0.748. The standard InChI is InChI=1S/C17H23ClN2O4/c1-3-23-11-13-6-5-9-20(13)17(22)19-12-7-8-15(18)14(10-12)16(21)24-4-2/h7-8,10,13H,3-6,9,11H2,1-2H3,(H,19,22)/t13-/m0/s1. The van der Waals surface area contributed by atoms with Crippen molar-refractivity contribution in [1.82, 2.24) is 4.90 Å². The summed E-state index contributed by atoms with van der Waals surface area (Å²) in [7, 11) is 0. The number of ether oxygens (including phenoxy) is 2. The van der Waals surface area contributed by atoms with Crippen LogP contribution in [0.25, 0.3) is 0 Å². The summed E-state index contributed by atoms with van der Waals surface area (Å²) in [4.78, 5) is 26.1. The first kappa shape index (κ1) is 18.5. The van der Waals surface area contributed by atoms with Crippen molar-refractivity contribution in [2.75, 3.05) is 31.7 Å². The first-order valence-electron chi connectivity index (χ1n) is 8.18. The van der Waals surface area contributed by atoms with Gasteiger partial charge in [0.25, 0.3) is 0 Å². The molecule has 1 aromatic carbocycles. The van der Waals surface area contributed by atoms with Crippen molar-refractivity contribution in [3.05, 3.63) is 28.8 Å². The first-order valence-corrected chi connectivity index (χ1v) is 8.56. The van der Waals surface area contributed by atoms with Crippen LogP contribution in [-0.2, 0) is 9.47 Å². The van der Waals surface area contributed by atoms with Gasteiger partial charge in [0, 0.05) is 18.8 Å². The lowest BCUT2D eigenvalue weighted by molar-refractivity contribution is 0.0526. The number of likely N-dealkylation sites (tertiary alicyclic amines) is 1. The van der Waals surface area contributed by atoms with Gasteiger partial charge in [0.05, 0.1) is 29.8 Å². The van der Waals surface area contributed by atoms with Gasteiger partial charge in [0.1, 0.15) is 0 Å². The summed E-state index contributed by atoms with van der Waals surface area (Å²) in [6.07, 6.45) is 1.89. The van der Waals surface area contributed by atoms with Gasteiger partial charge in [0.15, 0.2) is 0 Å². The molecule has 0 bridgehead atoms. The minimum absolute atomic E-state index is 0.0850. The van der Waals surface area contributed by atoms with Crippen LogP contribution >= 0.6 is 11.6 Å².